The van der Waals surface area contributed by atoms with Gasteiger partial charge in [-0.15, -0.1) is 0 Å². The Balaban J connectivity index is 1.55. The number of nitrogens with one attached hydrogen (secondary N) is 1. The number of benzene rings is 3. The molecule has 0 heterocycles. The van der Waals surface area contributed by atoms with Crippen LogP contribution in [0.2, 0.25) is 0 Å². The van der Waals surface area contributed by atoms with Gasteiger partial charge in [0.25, 0.3) is 5.91 Å². The molecular formula is C22H18N2O4. The summed E-state index contributed by atoms with van der Waals surface area (Å²) in [7, 11) is 0. The predicted octanol–water partition coefficient (Wildman–Crippen LogP) is 3.68. The zero-order valence-corrected chi connectivity index (χ0v) is 15.1. The monoisotopic (exact) mass is 374 g/mol. The third kappa shape index (κ3) is 5.04. The lowest BCUT2D eigenvalue weighted by molar-refractivity contribution is 0.0734. The van der Waals surface area contributed by atoms with Gasteiger partial charge in [-0.1, -0.05) is 17.7 Å². The van der Waals surface area contributed by atoms with Crippen molar-refractivity contribution in [2.24, 2.45) is 5.10 Å². The molecule has 2 N–H and O–H groups in total. The maximum Gasteiger partial charge on any atom is 0.343 e. The van der Waals surface area contributed by atoms with Crippen molar-refractivity contribution in [2.45, 2.75) is 6.92 Å². The molecule has 0 atom stereocenters. The van der Waals surface area contributed by atoms with Crippen molar-refractivity contribution in [3.05, 3.63) is 95.1 Å². The molecule has 6 heteroatoms. The molecule has 0 unspecified atom stereocenters. The molecule has 28 heavy (non-hydrogen) atoms. The van der Waals surface area contributed by atoms with Crippen LogP contribution in [0, 0.1) is 6.92 Å². The van der Waals surface area contributed by atoms with E-state index in [0.717, 1.165) is 11.1 Å². The summed E-state index contributed by atoms with van der Waals surface area (Å²) < 4.78 is 5.33. The molecule has 0 bridgehead atoms. The van der Waals surface area contributed by atoms with Crippen LogP contribution in [-0.4, -0.2) is 23.2 Å². The number of esters is 1. The van der Waals surface area contributed by atoms with Crippen LogP contribution in [0.5, 0.6) is 11.5 Å². The highest BCUT2D eigenvalue weighted by Gasteiger charge is 2.08. The molecule has 0 spiro atoms. The van der Waals surface area contributed by atoms with Gasteiger partial charge >= 0.3 is 5.97 Å². The third-order valence-electron chi connectivity index (χ3n) is 3.89. The van der Waals surface area contributed by atoms with Crippen molar-refractivity contribution in [2.75, 3.05) is 0 Å². The van der Waals surface area contributed by atoms with Crippen molar-refractivity contribution < 1.29 is 19.4 Å². The molecule has 3 rings (SSSR count). The fourth-order valence-electron chi connectivity index (χ4n) is 2.32. The number of hydrogen-bond acceptors (Lipinski definition) is 5. The zero-order valence-electron chi connectivity index (χ0n) is 15.1. The van der Waals surface area contributed by atoms with Gasteiger partial charge in [-0.25, -0.2) is 10.2 Å². The second-order valence-electron chi connectivity index (χ2n) is 6.07. The Morgan fingerprint density at radius 1 is 0.893 bits per heavy atom. The molecule has 3 aromatic rings. The Labute approximate surface area is 162 Å². The van der Waals surface area contributed by atoms with Gasteiger partial charge in [0.15, 0.2) is 0 Å². The SMILES string of the molecule is Cc1ccc(C(=O)Oc2ccc(C=NNC(=O)c3ccc(O)cc3)cc2)cc1. The minimum absolute atomic E-state index is 0.0863. The fraction of sp³-hybridized carbons (Fsp3) is 0.0455. The second-order valence-corrected chi connectivity index (χ2v) is 6.07. The van der Waals surface area contributed by atoms with E-state index in [4.69, 9.17) is 4.74 Å². The Kier molecular flexibility index (Phi) is 5.81. The maximum atomic E-state index is 12.1. The smallest absolute Gasteiger partial charge is 0.343 e. The predicted molar refractivity (Wildman–Crippen MR) is 106 cm³/mol. The van der Waals surface area contributed by atoms with Crippen LogP contribution in [0.3, 0.4) is 0 Å². The summed E-state index contributed by atoms with van der Waals surface area (Å²) in [5.41, 5.74) is 5.06. The highest BCUT2D eigenvalue weighted by Crippen LogP contribution is 2.14. The summed E-state index contributed by atoms with van der Waals surface area (Å²) in [6, 6.07) is 19.7. The quantitative estimate of drug-likeness (QED) is 0.309. The van der Waals surface area contributed by atoms with Crippen LogP contribution in [0.15, 0.2) is 77.9 Å². The Morgan fingerprint density at radius 3 is 2.14 bits per heavy atom. The number of hydrazone groups is 1. The number of amides is 1. The fourth-order valence-corrected chi connectivity index (χ4v) is 2.32. The van der Waals surface area contributed by atoms with E-state index in [1.807, 2.05) is 19.1 Å². The summed E-state index contributed by atoms with van der Waals surface area (Å²) in [6.45, 7) is 1.95. The van der Waals surface area contributed by atoms with Crippen LogP contribution in [0.1, 0.15) is 31.8 Å². The van der Waals surface area contributed by atoms with E-state index in [1.165, 1.54) is 30.5 Å². The average Bonchev–Trinajstić information content (AvgIpc) is 2.70. The number of carbonyl (C=O) groups excluding carboxylic acids is 2. The summed E-state index contributed by atoms with van der Waals surface area (Å²) in [5.74, 6) is -0.318. The Hall–Kier alpha value is -3.93. The lowest BCUT2D eigenvalue weighted by Crippen LogP contribution is -2.17. The maximum absolute atomic E-state index is 12.1. The normalized spacial score (nSPS) is 10.6. The first-order chi connectivity index (χ1) is 13.5. The second kappa shape index (κ2) is 8.64. The minimum Gasteiger partial charge on any atom is -0.508 e. The third-order valence-corrected chi connectivity index (χ3v) is 3.89. The Morgan fingerprint density at radius 2 is 1.50 bits per heavy atom. The number of ether oxygens (including phenoxy) is 1. The minimum atomic E-state index is -0.428. The van der Waals surface area contributed by atoms with E-state index in [0.29, 0.717) is 16.9 Å². The van der Waals surface area contributed by atoms with E-state index in [2.05, 4.69) is 10.5 Å². The molecule has 0 aromatic heterocycles. The van der Waals surface area contributed by atoms with E-state index in [9.17, 15) is 14.7 Å². The first kappa shape index (κ1) is 18.8. The lowest BCUT2D eigenvalue weighted by atomic mass is 10.1. The standard InChI is InChI=1S/C22H18N2O4/c1-15-2-6-18(7-3-15)22(27)28-20-12-4-16(5-13-20)14-23-24-21(26)17-8-10-19(25)11-9-17/h2-14,25H,1H3,(H,24,26). The van der Waals surface area contributed by atoms with Gasteiger partial charge in [0.1, 0.15) is 11.5 Å². The molecule has 140 valence electrons. The molecule has 0 fully saturated rings. The number of aromatic hydroxyl groups is 1. The summed E-state index contributed by atoms with van der Waals surface area (Å²) in [4.78, 5) is 24.0. The molecule has 0 saturated carbocycles. The van der Waals surface area contributed by atoms with Gasteiger partial charge in [-0.05, 0) is 73.2 Å². The molecule has 0 aliphatic carbocycles. The van der Waals surface area contributed by atoms with Crippen molar-refractivity contribution in [3.63, 3.8) is 0 Å². The van der Waals surface area contributed by atoms with Gasteiger partial charge in [0.2, 0.25) is 0 Å². The molecule has 3 aromatic carbocycles. The van der Waals surface area contributed by atoms with Crippen LogP contribution in [-0.2, 0) is 0 Å². The molecule has 0 radical (unpaired) electrons. The van der Waals surface area contributed by atoms with Crippen molar-refractivity contribution in [3.8, 4) is 11.5 Å². The van der Waals surface area contributed by atoms with Crippen LogP contribution in [0.25, 0.3) is 0 Å². The summed E-state index contributed by atoms with van der Waals surface area (Å²) >= 11 is 0. The molecule has 0 saturated heterocycles. The first-order valence-corrected chi connectivity index (χ1v) is 8.52. The highest BCUT2D eigenvalue weighted by molar-refractivity contribution is 5.95. The largest absolute Gasteiger partial charge is 0.508 e. The van der Waals surface area contributed by atoms with E-state index >= 15 is 0 Å². The van der Waals surface area contributed by atoms with Crippen LogP contribution >= 0.6 is 0 Å². The van der Waals surface area contributed by atoms with Crippen molar-refractivity contribution in [1.29, 1.82) is 0 Å². The molecular weight excluding hydrogens is 356 g/mol. The number of phenolic OH excluding ortho intramolecular Hbond substituents is 1. The van der Waals surface area contributed by atoms with Gasteiger partial charge in [-0.2, -0.15) is 5.10 Å². The number of phenols is 1. The topological polar surface area (TPSA) is 88.0 Å². The number of rotatable bonds is 5. The Bertz CT molecular complexity index is 992. The van der Waals surface area contributed by atoms with Crippen molar-refractivity contribution in [1.82, 2.24) is 5.43 Å². The first-order valence-electron chi connectivity index (χ1n) is 8.52. The van der Waals surface area contributed by atoms with E-state index in [1.54, 1.807) is 36.4 Å². The van der Waals surface area contributed by atoms with Gasteiger partial charge in [-0.3, -0.25) is 4.79 Å². The van der Waals surface area contributed by atoms with Gasteiger partial charge < -0.3 is 9.84 Å². The molecule has 0 aliphatic heterocycles. The van der Waals surface area contributed by atoms with Crippen LogP contribution < -0.4 is 10.2 Å². The summed E-state index contributed by atoms with van der Waals surface area (Å²) in [5, 5.41) is 13.1. The van der Waals surface area contributed by atoms with Gasteiger partial charge in [0, 0.05) is 5.56 Å². The summed E-state index contributed by atoms with van der Waals surface area (Å²) in [6.07, 6.45) is 1.48. The number of hydrogen-bond donors (Lipinski definition) is 2. The van der Waals surface area contributed by atoms with Gasteiger partial charge in [0.05, 0.1) is 11.8 Å². The number of carbonyl (C=O) groups is 2. The molecule has 1 amide bonds. The average molecular weight is 374 g/mol. The number of nitrogens with zero attached hydrogens (tertiary/aromatic N) is 1. The van der Waals surface area contributed by atoms with E-state index < -0.39 is 5.97 Å². The van der Waals surface area contributed by atoms with E-state index in [-0.39, 0.29) is 11.7 Å². The highest BCUT2D eigenvalue weighted by atomic mass is 16.5. The molecule has 0 aliphatic rings. The van der Waals surface area contributed by atoms with Crippen molar-refractivity contribution >= 4 is 18.1 Å². The lowest BCUT2D eigenvalue weighted by Gasteiger charge is -2.05. The zero-order chi connectivity index (χ0) is 19.9. The van der Waals surface area contributed by atoms with Crippen LogP contribution in [0.4, 0.5) is 0 Å². The number of aryl methyl sites for hydroxylation is 1. The molecule has 6 nitrogen and oxygen atoms in total.